The number of carbonyl (C=O) groups excluding carboxylic acids is 1. The van der Waals surface area contributed by atoms with Crippen molar-refractivity contribution < 1.29 is 19.4 Å². The number of aliphatic hydroxyl groups excluding tert-OH is 1. The summed E-state index contributed by atoms with van der Waals surface area (Å²) in [6, 6.07) is 7.62. The van der Waals surface area contributed by atoms with Gasteiger partial charge >= 0.3 is 0 Å². The summed E-state index contributed by atoms with van der Waals surface area (Å²) in [6.07, 6.45) is 6.45. The van der Waals surface area contributed by atoms with Crippen molar-refractivity contribution in [2.75, 3.05) is 7.11 Å². The van der Waals surface area contributed by atoms with Crippen LogP contribution in [0.1, 0.15) is 32.3 Å². The lowest BCUT2D eigenvalue weighted by Crippen LogP contribution is -2.19. The van der Waals surface area contributed by atoms with E-state index in [9.17, 15) is 9.90 Å². The van der Waals surface area contributed by atoms with Crippen molar-refractivity contribution in [3.8, 4) is 5.75 Å². The number of Topliss-reactive ketones (excluding diaryl/α,β-unsaturated/α-hetero) is 1. The summed E-state index contributed by atoms with van der Waals surface area (Å²) in [4.78, 5) is 12.0. The van der Waals surface area contributed by atoms with Gasteiger partial charge < -0.3 is 14.6 Å². The first-order valence-electron chi connectivity index (χ1n) is 7.79. The van der Waals surface area contributed by atoms with Crippen LogP contribution in [-0.2, 0) is 16.1 Å². The van der Waals surface area contributed by atoms with E-state index >= 15 is 0 Å². The van der Waals surface area contributed by atoms with Crippen molar-refractivity contribution in [1.29, 1.82) is 0 Å². The van der Waals surface area contributed by atoms with Crippen molar-refractivity contribution in [1.82, 2.24) is 0 Å². The van der Waals surface area contributed by atoms with Gasteiger partial charge in [0.25, 0.3) is 0 Å². The Kier molecular flexibility index (Phi) is 8.95. The highest BCUT2D eigenvalue weighted by atomic mass is 16.5. The maximum Gasteiger partial charge on any atom is 0.138 e. The molecule has 0 heterocycles. The Morgan fingerprint density at radius 1 is 1.13 bits per heavy atom. The fraction of sp³-hybridized carbons (Fsp3) is 0.421. The van der Waals surface area contributed by atoms with Gasteiger partial charge in [0.1, 0.15) is 11.5 Å². The molecule has 0 aliphatic heterocycles. The van der Waals surface area contributed by atoms with E-state index in [4.69, 9.17) is 9.47 Å². The number of ketones is 1. The molecule has 0 aromatic heterocycles. The SMILES string of the molecule is C/C=C/[C@H](O)CC(=O)C[C@H](/C=C/C)OCc1ccc(OC)cc1. The molecule has 4 heteroatoms. The van der Waals surface area contributed by atoms with Gasteiger partial charge in [0.05, 0.1) is 25.9 Å². The van der Waals surface area contributed by atoms with E-state index in [2.05, 4.69) is 0 Å². The van der Waals surface area contributed by atoms with E-state index in [0.29, 0.717) is 6.61 Å². The van der Waals surface area contributed by atoms with E-state index < -0.39 is 6.10 Å². The number of aliphatic hydroxyl groups is 1. The topological polar surface area (TPSA) is 55.8 Å². The lowest BCUT2D eigenvalue weighted by Gasteiger charge is -2.14. The molecule has 0 fully saturated rings. The highest BCUT2D eigenvalue weighted by molar-refractivity contribution is 5.79. The van der Waals surface area contributed by atoms with Crippen LogP contribution in [0.2, 0.25) is 0 Å². The van der Waals surface area contributed by atoms with Crippen LogP contribution in [0, 0.1) is 0 Å². The van der Waals surface area contributed by atoms with Gasteiger partial charge in [-0.05, 0) is 31.5 Å². The second kappa shape index (κ2) is 10.8. The molecule has 0 bridgehead atoms. The lowest BCUT2D eigenvalue weighted by atomic mass is 10.1. The summed E-state index contributed by atoms with van der Waals surface area (Å²) >= 11 is 0. The third kappa shape index (κ3) is 7.77. The van der Waals surface area contributed by atoms with E-state index in [-0.39, 0.29) is 24.7 Å². The standard InChI is InChI=1S/C19H26O4/c1-4-6-16(20)12-17(21)13-19(7-5-2)23-14-15-8-10-18(22-3)11-9-15/h4-11,16,19-20H,12-14H2,1-3H3/b6-4+,7-5+/t16-,19-/m0/s1. The largest absolute Gasteiger partial charge is 0.497 e. The monoisotopic (exact) mass is 318 g/mol. The van der Waals surface area contributed by atoms with Crippen LogP contribution in [0.3, 0.4) is 0 Å². The minimum Gasteiger partial charge on any atom is -0.497 e. The van der Waals surface area contributed by atoms with Crippen LogP contribution in [0.25, 0.3) is 0 Å². The number of hydrogen-bond donors (Lipinski definition) is 1. The van der Waals surface area contributed by atoms with Crippen LogP contribution < -0.4 is 4.74 Å². The number of rotatable bonds is 10. The molecule has 0 unspecified atom stereocenters. The molecular weight excluding hydrogens is 292 g/mol. The van der Waals surface area contributed by atoms with Crippen LogP contribution >= 0.6 is 0 Å². The summed E-state index contributed by atoms with van der Waals surface area (Å²) in [5.41, 5.74) is 1.02. The normalized spacial score (nSPS) is 14.3. The zero-order chi connectivity index (χ0) is 17.1. The number of methoxy groups -OCH3 is 1. The Bertz CT molecular complexity index is 517. The smallest absolute Gasteiger partial charge is 0.138 e. The number of benzene rings is 1. The average Bonchev–Trinajstić information content (AvgIpc) is 2.53. The Labute approximate surface area is 138 Å². The van der Waals surface area contributed by atoms with Crippen molar-refractivity contribution >= 4 is 5.78 Å². The molecule has 0 saturated carbocycles. The van der Waals surface area contributed by atoms with Crippen molar-refractivity contribution in [2.45, 2.75) is 45.5 Å². The number of ether oxygens (including phenoxy) is 2. The maximum atomic E-state index is 12.0. The second-order valence-corrected chi connectivity index (χ2v) is 5.26. The van der Waals surface area contributed by atoms with Crippen molar-refractivity contribution in [3.63, 3.8) is 0 Å². The molecule has 2 atom stereocenters. The first-order chi connectivity index (χ1) is 11.1. The van der Waals surface area contributed by atoms with Crippen LogP contribution in [0.4, 0.5) is 0 Å². The summed E-state index contributed by atoms with van der Waals surface area (Å²) in [5, 5.41) is 9.64. The predicted octanol–water partition coefficient (Wildman–Crippen LogP) is 3.44. The molecule has 0 radical (unpaired) electrons. The van der Waals surface area contributed by atoms with Gasteiger partial charge in [0.2, 0.25) is 0 Å². The van der Waals surface area contributed by atoms with Crippen molar-refractivity contribution in [3.05, 3.63) is 54.1 Å². The highest BCUT2D eigenvalue weighted by Gasteiger charge is 2.14. The fourth-order valence-electron chi connectivity index (χ4n) is 2.15. The van der Waals surface area contributed by atoms with Gasteiger partial charge in [-0.15, -0.1) is 0 Å². The van der Waals surface area contributed by atoms with Gasteiger partial charge in [-0.3, -0.25) is 4.79 Å². The highest BCUT2D eigenvalue weighted by Crippen LogP contribution is 2.14. The average molecular weight is 318 g/mol. The van der Waals surface area contributed by atoms with Gasteiger partial charge in [-0.25, -0.2) is 0 Å². The number of carbonyl (C=O) groups is 1. The fourth-order valence-corrected chi connectivity index (χ4v) is 2.15. The van der Waals surface area contributed by atoms with Gasteiger partial charge in [-0.1, -0.05) is 36.4 Å². The Balaban J connectivity index is 2.52. The Morgan fingerprint density at radius 3 is 2.35 bits per heavy atom. The molecule has 126 valence electrons. The molecule has 0 aliphatic rings. The van der Waals surface area contributed by atoms with E-state index in [1.807, 2.05) is 50.3 Å². The molecule has 0 spiro atoms. The maximum absolute atomic E-state index is 12.0. The molecule has 1 aromatic carbocycles. The lowest BCUT2D eigenvalue weighted by molar-refractivity contribution is -0.122. The Morgan fingerprint density at radius 2 is 1.78 bits per heavy atom. The second-order valence-electron chi connectivity index (χ2n) is 5.26. The molecule has 4 nitrogen and oxygen atoms in total. The van der Waals surface area contributed by atoms with Crippen LogP contribution in [0.15, 0.2) is 48.6 Å². The molecule has 0 amide bonds. The third-order valence-electron chi connectivity index (χ3n) is 3.31. The van der Waals surface area contributed by atoms with Crippen molar-refractivity contribution in [2.24, 2.45) is 0 Å². The molecule has 1 rings (SSSR count). The first kappa shape index (κ1) is 19.1. The number of allylic oxidation sites excluding steroid dienone is 2. The first-order valence-corrected chi connectivity index (χ1v) is 7.79. The molecular formula is C19H26O4. The molecule has 1 aromatic rings. The van der Waals surface area contributed by atoms with Gasteiger partial charge in [-0.2, -0.15) is 0 Å². The predicted molar refractivity (Wildman–Crippen MR) is 91.4 cm³/mol. The van der Waals surface area contributed by atoms with E-state index in [1.54, 1.807) is 19.3 Å². The summed E-state index contributed by atoms with van der Waals surface area (Å²) in [7, 11) is 1.63. The molecule has 23 heavy (non-hydrogen) atoms. The number of hydrogen-bond acceptors (Lipinski definition) is 4. The zero-order valence-corrected chi connectivity index (χ0v) is 14.1. The van der Waals surface area contributed by atoms with E-state index in [1.165, 1.54) is 0 Å². The van der Waals surface area contributed by atoms with Crippen LogP contribution in [-0.4, -0.2) is 30.2 Å². The van der Waals surface area contributed by atoms with Gasteiger partial charge in [0.15, 0.2) is 0 Å². The minimum atomic E-state index is -0.722. The quantitative estimate of drug-likeness (QED) is 0.671. The summed E-state index contributed by atoms with van der Waals surface area (Å²) in [6.45, 7) is 4.13. The molecule has 1 N–H and O–H groups in total. The minimum absolute atomic E-state index is 0.0200. The van der Waals surface area contributed by atoms with Gasteiger partial charge in [0, 0.05) is 12.8 Å². The van der Waals surface area contributed by atoms with E-state index in [0.717, 1.165) is 11.3 Å². The Hall–Kier alpha value is -1.91. The summed E-state index contributed by atoms with van der Waals surface area (Å²) in [5.74, 6) is 0.778. The molecule has 0 aliphatic carbocycles. The summed E-state index contributed by atoms with van der Waals surface area (Å²) < 4.78 is 10.9. The van der Waals surface area contributed by atoms with Crippen LogP contribution in [0.5, 0.6) is 5.75 Å². The molecule has 0 saturated heterocycles. The third-order valence-corrected chi connectivity index (χ3v) is 3.31. The zero-order valence-electron chi connectivity index (χ0n) is 14.1.